The molecule has 0 aliphatic heterocycles. The molecule has 132 valence electrons. The molecule has 0 saturated heterocycles. The second-order valence-electron chi connectivity index (χ2n) is 5.56. The molecule has 3 aromatic rings. The van der Waals surface area contributed by atoms with E-state index in [9.17, 15) is 9.59 Å². The standard InChI is InChI=1S/C19H14Cl2N2O3/c1-12-3-2-4-17-22-14(10-18(24)23(12)17)11-26-19(25)8-6-13-5-7-15(20)16(21)9-13/h2-10H,11H2,1H3/b8-6+. The summed E-state index contributed by atoms with van der Waals surface area (Å²) in [6.45, 7) is 1.73. The lowest BCUT2D eigenvalue weighted by atomic mass is 10.2. The molecule has 5 nitrogen and oxygen atoms in total. The van der Waals surface area contributed by atoms with Crippen molar-refractivity contribution in [3.05, 3.63) is 85.9 Å². The van der Waals surface area contributed by atoms with E-state index in [-0.39, 0.29) is 12.2 Å². The van der Waals surface area contributed by atoms with E-state index < -0.39 is 5.97 Å². The minimum atomic E-state index is -0.553. The van der Waals surface area contributed by atoms with E-state index >= 15 is 0 Å². The molecule has 0 amide bonds. The van der Waals surface area contributed by atoms with Crippen LogP contribution in [0.1, 0.15) is 17.0 Å². The molecule has 0 aliphatic carbocycles. The van der Waals surface area contributed by atoms with Crippen LogP contribution < -0.4 is 5.56 Å². The first kappa shape index (κ1) is 18.2. The van der Waals surface area contributed by atoms with Crippen LogP contribution >= 0.6 is 23.2 Å². The molecular formula is C19H14Cl2N2O3. The molecule has 3 rings (SSSR count). The largest absolute Gasteiger partial charge is 0.456 e. The van der Waals surface area contributed by atoms with Gasteiger partial charge in [0.2, 0.25) is 0 Å². The minimum Gasteiger partial charge on any atom is -0.456 e. The van der Waals surface area contributed by atoms with E-state index in [0.29, 0.717) is 26.9 Å². The molecule has 7 heteroatoms. The zero-order valence-corrected chi connectivity index (χ0v) is 15.3. The topological polar surface area (TPSA) is 60.7 Å². The zero-order valence-electron chi connectivity index (χ0n) is 13.8. The highest BCUT2D eigenvalue weighted by molar-refractivity contribution is 6.42. The summed E-state index contributed by atoms with van der Waals surface area (Å²) >= 11 is 11.8. The molecule has 0 atom stereocenters. The van der Waals surface area contributed by atoms with Crippen LogP contribution in [0.2, 0.25) is 10.0 Å². The number of carbonyl (C=O) groups is 1. The molecule has 2 heterocycles. The van der Waals surface area contributed by atoms with E-state index in [0.717, 1.165) is 5.69 Å². The van der Waals surface area contributed by atoms with Gasteiger partial charge in [-0.2, -0.15) is 0 Å². The highest BCUT2D eigenvalue weighted by Crippen LogP contribution is 2.23. The normalized spacial score (nSPS) is 11.2. The van der Waals surface area contributed by atoms with Crippen molar-refractivity contribution in [3.63, 3.8) is 0 Å². The summed E-state index contributed by atoms with van der Waals surface area (Å²) in [5, 5.41) is 0.841. The number of nitrogens with zero attached hydrogens (tertiary/aromatic N) is 2. The number of aryl methyl sites for hydroxylation is 1. The summed E-state index contributed by atoms with van der Waals surface area (Å²) in [4.78, 5) is 28.4. The lowest BCUT2D eigenvalue weighted by Gasteiger charge is -2.06. The number of fused-ring (bicyclic) bond motifs is 1. The van der Waals surface area contributed by atoms with Gasteiger partial charge in [0, 0.05) is 17.8 Å². The maximum Gasteiger partial charge on any atom is 0.331 e. The Morgan fingerprint density at radius 1 is 1.19 bits per heavy atom. The van der Waals surface area contributed by atoms with Gasteiger partial charge in [0.25, 0.3) is 5.56 Å². The number of hydrogen-bond acceptors (Lipinski definition) is 4. The van der Waals surface area contributed by atoms with Crippen LogP contribution in [0.15, 0.2) is 53.3 Å². The zero-order chi connectivity index (χ0) is 18.7. The molecule has 0 N–H and O–H groups in total. The van der Waals surface area contributed by atoms with Crippen LogP contribution in [0.4, 0.5) is 0 Å². The first-order chi connectivity index (χ1) is 12.4. The number of halogens is 2. The van der Waals surface area contributed by atoms with Crippen LogP contribution in [0.3, 0.4) is 0 Å². The SMILES string of the molecule is Cc1cccc2nc(COC(=O)/C=C/c3ccc(Cl)c(Cl)c3)cc(=O)n12. The summed E-state index contributed by atoms with van der Waals surface area (Å²) < 4.78 is 6.64. The van der Waals surface area contributed by atoms with Gasteiger partial charge in [0.15, 0.2) is 0 Å². The van der Waals surface area contributed by atoms with Gasteiger partial charge in [-0.3, -0.25) is 9.20 Å². The lowest BCUT2D eigenvalue weighted by molar-refractivity contribution is -0.139. The molecule has 0 bridgehead atoms. The summed E-state index contributed by atoms with van der Waals surface area (Å²) in [5.41, 5.74) is 2.18. The first-order valence-corrected chi connectivity index (χ1v) is 8.48. The van der Waals surface area contributed by atoms with Crippen molar-refractivity contribution >= 4 is 40.9 Å². The summed E-state index contributed by atoms with van der Waals surface area (Å²) in [6, 6.07) is 11.7. The van der Waals surface area contributed by atoms with E-state index in [2.05, 4.69) is 4.98 Å². The number of hydrogen-bond donors (Lipinski definition) is 0. The maximum atomic E-state index is 12.2. The quantitative estimate of drug-likeness (QED) is 0.499. The minimum absolute atomic E-state index is 0.0930. The highest BCUT2D eigenvalue weighted by atomic mass is 35.5. The first-order valence-electron chi connectivity index (χ1n) is 7.72. The molecule has 0 aliphatic rings. The molecule has 1 aromatic carbocycles. The van der Waals surface area contributed by atoms with Gasteiger partial charge in [0.1, 0.15) is 12.3 Å². The van der Waals surface area contributed by atoms with E-state index in [1.165, 1.54) is 16.5 Å². The molecule has 0 spiro atoms. The Hall–Kier alpha value is -2.63. The Balaban J connectivity index is 1.69. The van der Waals surface area contributed by atoms with Crippen LogP contribution in [0, 0.1) is 6.92 Å². The molecule has 0 unspecified atom stereocenters. The highest BCUT2D eigenvalue weighted by Gasteiger charge is 2.06. The summed E-state index contributed by atoms with van der Waals surface area (Å²) in [5.74, 6) is -0.553. The predicted octanol–water partition coefficient (Wildman–Crippen LogP) is 4.07. The maximum absolute atomic E-state index is 12.2. The summed E-state index contributed by atoms with van der Waals surface area (Å²) in [7, 11) is 0. The molecule has 0 fully saturated rings. The van der Waals surface area contributed by atoms with Gasteiger partial charge in [0.05, 0.1) is 15.7 Å². The molecule has 0 radical (unpaired) electrons. The average Bonchev–Trinajstić information content (AvgIpc) is 2.61. The van der Waals surface area contributed by atoms with Crippen LogP contribution in [0.25, 0.3) is 11.7 Å². The monoisotopic (exact) mass is 388 g/mol. The Bertz CT molecular complexity index is 1070. The second kappa shape index (κ2) is 7.72. The fourth-order valence-electron chi connectivity index (χ4n) is 2.41. The third-order valence-electron chi connectivity index (χ3n) is 3.65. The van der Waals surface area contributed by atoms with E-state index in [4.69, 9.17) is 27.9 Å². The van der Waals surface area contributed by atoms with Crippen molar-refractivity contribution < 1.29 is 9.53 Å². The number of carbonyl (C=O) groups excluding carboxylic acids is 1. The number of benzene rings is 1. The number of aromatic nitrogens is 2. The third kappa shape index (κ3) is 4.12. The Labute approximate surface area is 159 Å². The number of rotatable bonds is 4. The summed E-state index contributed by atoms with van der Waals surface area (Å²) in [6.07, 6.45) is 2.84. The molecule has 0 saturated carbocycles. The van der Waals surface area contributed by atoms with Crippen LogP contribution in [0.5, 0.6) is 0 Å². The van der Waals surface area contributed by atoms with Crippen molar-refractivity contribution in [3.8, 4) is 0 Å². The number of pyridine rings is 1. The molecule has 2 aromatic heterocycles. The second-order valence-corrected chi connectivity index (χ2v) is 6.38. The van der Waals surface area contributed by atoms with Crippen LogP contribution in [-0.4, -0.2) is 15.4 Å². The third-order valence-corrected chi connectivity index (χ3v) is 4.39. The van der Waals surface area contributed by atoms with Crippen molar-refractivity contribution in [2.75, 3.05) is 0 Å². The lowest BCUT2D eigenvalue weighted by Crippen LogP contribution is -2.18. The van der Waals surface area contributed by atoms with Gasteiger partial charge in [-0.1, -0.05) is 35.3 Å². The predicted molar refractivity (Wildman–Crippen MR) is 101 cm³/mol. The fraction of sp³-hybridized carbons (Fsp3) is 0.105. The molecular weight excluding hydrogens is 375 g/mol. The van der Waals surface area contributed by atoms with Gasteiger partial charge in [-0.15, -0.1) is 0 Å². The van der Waals surface area contributed by atoms with E-state index in [1.807, 2.05) is 19.1 Å². The Morgan fingerprint density at radius 2 is 2.00 bits per heavy atom. The van der Waals surface area contributed by atoms with Crippen molar-refractivity contribution in [1.29, 1.82) is 0 Å². The van der Waals surface area contributed by atoms with Crippen LogP contribution in [-0.2, 0) is 16.1 Å². The van der Waals surface area contributed by atoms with Crippen molar-refractivity contribution in [2.24, 2.45) is 0 Å². The van der Waals surface area contributed by atoms with Gasteiger partial charge < -0.3 is 4.74 Å². The van der Waals surface area contributed by atoms with Gasteiger partial charge in [-0.25, -0.2) is 9.78 Å². The average molecular weight is 389 g/mol. The Kier molecular flexibility index (Phi) is 5.40. The van der Waals surface area contributed by atoms with E-state index in [1.54, 1.807) is 30.3 Å². The smallest absolute Gasteiger partial charge is 0.331 e. The van der Waals surface area contributed by atoms with Crippen molar-refractivity contribution in [1.82, 2.24) is 9.38 Å². The Morgan fingerprint density at radius 3 is 2.77 bits per heavy atom. The number of esters is 1. The van der Waals surface area contributed by atoms with Gasteiger partial charge in [-0.05, 0) is 42.8 Å². The molecule has 26 heavy (non-hydrogen) atoms. The van der Waals surface area contributed by atoms with Crippen molar-refractivity contribution in [2.45, 2.75) is 13.5 Å². The number of ether oxygens (including phenoxy) is 1. The van der Waals surface area contributed by atoms with Gasteiger partial charge >= 0.3 is 5.97 Å². The fourth-order valence-corrected chi connectivity index (χ4v) is 2.72.